The van der Waals surface area contributed by atoms with Crippen LogP contribution in [0.4, 0.5) is 0 Å². The van der Waals surface area contributed by atoms with Crippen LogP contribution in [0.25, 0.3) is 0 Å². The fourth-order valence-electron chi connectivity index (χ4n) is 2.79. The summed E-state index contributed by atoms with van der Waals surface area (Å²) in [6.07, 6.45) is 1.78. The third-order valence-corrected chi connectivity index (χ3v) is 3.76. The van der Waals surface area contributed by atoms with Crippen molar-refractivity contribution >= 4 is 35.8 Å². The minimum atomic E-state index is -0.259. The quantitative estimate of drug-likeness (QED) is 0.308. The minimum absolute atomic E-state index is 0. The number of aliphatic imine (C=N–C) groups is 1. The van der Waals surface area contributed by atoms with Gasteiger partial charge >= 0.3 is 0 Å². The van der Waals surface area contributed by atoms with E-state index in [9.17, 15) is 4.79 Å². The first-order chi connectivity index (χ1) is 12.3. The number of halogens is 1. The number of amides is 1. The Morgan fingerprint density at radius 3 is 2.78 bits per heavy atom. The van der Waals surface area contributed by atoms with Crippen LogP contribution in [0.15, 0.2) is 4.99 Å². The molecule has 1 aromatic heterocycles. The van der Waals surface area contributed by atoms with Crippen LogP contribution in [-0.4, -0.2) is 58.4 Å². The van der Waals surface area contributed by atoms with Crippen molar-refractivity contribution < 1.29 is 9.53 Å². The number of nitrogens with zero attached hydrogens (tertiary/aromatic N) is 4. The van der Waals surface area contributed by atoms with Gasteiger partial charge in [0.25, 0.3) is 0 Å². The zero-order valence-corrected chi connectivity index (χ0v) is 19.2. The Morgan fingerprint density at radius 1 is 1.41 bits per heavy atom. The molecule has 154 valence electrons. The zero-order valence-electron chi connectivity index (χ0n) is 16.8. The molecule has 0 saturated carbocycles. The molecule has 1 unspecified atom stereocenters. The minimum Gasteiger partial charge on any atom is -0.377 e. The zero-order chi connectivity index (χ0) is 19.2. The van der Waals surface area contributed by atoms with E-state index in [1.54, 1.807) is 7.11 Å². The van der Waals surface area contributed by atoms with Crippen LogP contribution < -0.4 is 16.0 Å². The van der Waals surface area contributed by atoms with Gasteiger partial charge in [0, 0.05) is 31.7 Å². The molecule has 0 radical (unpaired) electrons. The van der Waals surface area contributed by atoms with Crippen molar-refractivity contribution in [2.24, 2.45) is 4.99 Å². The SMILES string of the molecule is CCNC(=NCC(=O)NC(C)(C)C)NC1CCc2nc(COC)nn2C1.I. The largest absolute Gasteiger partial charge is 0.377 e. The number of rotatable bonds is 6. The molecule has 0 aromatic carbocycles. The van der Waals surface area contributed by atoms with E-state index in [1.165, 1.54) is 0 Å². The summed E-state index contributed by atoms with van der Waals surface area (Å²) in [4.78, 5) is 20.9. The van der Waals surface area contributed by atoms with Gasteiger partial charge in [0.2, 0.25) is 5.91 Å². The van der Waals surface area contributed by atoms with E-state index < -0.39 is 0 Å². The molecule has 2 heterocycles. The molecule has 0 fully saturated rings. The number of fused-ring (bicyclic) bond motifs is 1. The van der Waals surface area contributed by atoms with Gasteiger partial charge in [-0.3, -0.25) is 4.79 Å². The van der Waals surface area contributed by atoms with Crippen LogP contribution in [0.5, 0.6) is 0 Å². The van der Waals surface area contributed by atoms with Gasteiger partial charge in [0.05, 0.1) is 6.54 Å². The van der Waals surface area contributed by atoms with Gasteiger partial charge in [0.1, 0.15) is 19.0 Å². The molecule has 3 N–H and O–H groups in total. The average molecular weight is 493 g/mol. The number of ether oxygens (including phenoxy) is 1. The summed E-state index contributed by atoms with van der Waals surface area (Å²) in [6, 6.07) is 0.183. The molecule has 0 aliphatic carbocycles. The monoisotopic (exact) mass is 493 g/mol. The Kier molecular flexibility index (Phi) is 9.43. The number of aryl methyl sites for hydroxylation is 1. The van der Waals surface area contributed by atoms with Gasteiger partial charge < -0.3 is 20.7 Å². The second-order valence-electron chi connectivity index (χ2n) is 7.43. The van der Waals surface area contributed by atoms with E-state index in [2.05, 4.69) is 31.0 Å². The predicted molar refractivity (Wildman–Crippen MR) is 115 cm³/mol. The van der Waals surface area contributed by atoms with E-state index in [0.717, 1.165) is 25.2 Å². The van der Waals surface area contributed by atoms with Crippen molar-refractivity contribution in [2.75, 3.05) is 20.2 Å². The first-order valence-corrected chi connectivity index (χ1v) is 9.08. The molecular formula is C17H32IN7O2. The lowest BCUT2D eigenvalue weighted by molar-refractivity contribution is -0.121. The maximum absolute atomic E-state index is 12.0. The topological polar surface area (TPSA) is 105 Å². The van der Waals surface area contributed by atoms with Crippen LogP contribution in [0.2, 0.25) is 0 Å². The Hall–Kier alpha value is -1.43. The van der Waals surface area contributed by atoms with Crippen molar-refractivity contribution in [3.63, 3.8) is 0 Å². The lowest BCUT2D eigenvalue weighted by Crippen LogP contribution is -2.48. The number of aromatic nitrogens is 3. The molecule has 10 heteroatoms. The Balaban J connectivity index is 0.00000364. The molecule has 0 spiro atoms. The number of carbonyl (C=O) groups is 1. The second-order valence-corrected chi connectivity index (χ2v) is 7.43. The van der Waals surface area contributed by atoms with Crippen LogP contribution >= 0.6 is 24.0 Å². The number of methoxy groups -OCH3 is 1. The smallest absolute Gasteiger partial charge is 0.242 e. The van der Waals surface area contributed by atoms with Crippen LogP contribution in [0, 0.1) is 0 Å². The van der Waals surface area contributed by atoms with Gasteiger partial charge in [-0.05, 0) is 34.1 Å². The third kappa shape index (κ3) is 7.99. The summed E-state index contributed by atoms with van der Waals surface area (Å²) >= 11 is 0. The Morgan fingerprint density at radius 2 is 2.15 bits per heavy atom. The van der Waals surface area contributed by atoms with Crippen LogP contribution in [0.1, 0.15) is 45.8 Å². The fourth-order valence-corrected chi connectivity index (χ4v) is 2.79. The number of nitrogens with one attached hydrogen (secondary N) is 3. The summed E-state index contributed by atoms with van der Waals surface area (Å²) in [5.41, 5.74) is -0.259. The molecule has 0 saturated heterocycles. The van der Waals surface area contributed by atoms with E-state index in [0.29, 0.717) is 24.9 Å². The summed E-state index contributed by atoms with van der Waals surface area (Å²) < 4.78 is 7.02. The maximum Gasteiger partial charge on any atom is 0.242 e. The van der Waals surface area contributed by atoms with Gasteiger partial charge in [-0.25, -0.2) is 14.7 Å². The van der Waals surface area contributed by atoms with Crippen LogP contribution in [-0.2, 0) is 29.1 Å². The van der Waals surface area contributed by atoms with E-state index in [4.69, 9.17) is 4.74 Å². The van der Waals surface area contributed by atoms with Gasteiger partial charge in [-0.1, -0.05) is 0 Å². The lowest BCUT2D eigenvalue weighted by Gasteiger charge is -2.25. The number of hydrogen-bond acceptors (Lipinski definition) is 5. The highest BCUT2D eigenvalue weighted by molar-refractivity contribution is 14.0. The summed E-state index contributed by atoms with van der Waals surface area (Å²) in [7, 11) is 1.64. The summed E-state index contributed by atoms with van der Waals surface area (Å²) in [5.74, 6) is 2.24. The molecular weight excluding hydrogens is 461 g/mol. The van der Waals surface area contributed by atoms with Crippen molar-refractivity contribution in [2.45, 2.75) is 65.3 Å². The molecule has 9 nitrogen and oxygen atoms in total. The van der Waals surface area contributed by atoms with E-state index in [1.807, 2.05) is 32.4 Å². The summed E-state index contributed by atoms with van der Waals surface area (Å²) in [5, 5.41) is 14.0. The summed E-state index contributed by atoms with van der Waals surface area (Å²) in [6.45, 7) is 9.81. The highest BCUT2D eigenvalue weighted by Gasteiger charge is 2.22. The first kappa shape index (κ1) is 23.6. The van der Waals surface area contributed by atoms with E-state index in [-0.39, 0.29) is 48.0 Å². The van der Waals surface area contributed by atoms with E-state index >= 15 is 0 Å². The number of guanidine groups is 1. The predicted octanol–water partition coefficient (Wildman–Crippen LogP) is 0.827. The molecule has 0 bridgehead atoms. The Bertz CT molecular complexity index is 640. The lowest BCUT2D eigenvalue weighted by atomic mass is 10.1. The standard InChI is InChI=1S/C17H31N7O2.HI/c1-6-18-16(19-9-15(25)22-17(2,3)4)20-12-7-8-14-21-13(11-26-5)23-24(14)10-12;/h12H,6-11H2,1-5H3,(H,22,25)(H2,18,19,20);1H. The molecule has 1 aromatic rings. The van der Waals surface area contributed by atoms with Crippen LogP contribution in [0.3, 0.4) is 0 Å². The third-order valence-electron chi connectivity index (χ3n) is 3.76. The molecule has 2 rings (SSSR count). The number of carbonyl (C=O) groups excluding carboxylic acids is 1. The van der Waals surface area contributed by atoms with Gasteiger partial charge in [0.15, 0.2) is 11.8 Å². The molecule has 1 amide bonds. The van der Waals surface area contributed by atoms with Crippen molar-refractivity contribution in [3.05, 3.63) is 11.6 Å². The maximum atomic E-state index is 12.0. The van der Waals surface area contributed by atoms with Crippen molar-refractivity contribution in [1.82, 2.24) is 30.7 Å². The molecule has 1 aliphatic heterocycles. The average Bonchev–Trinajstić information content (AvgIpc) is 2.93. The van der Waals surface area contributed by atoms with Gasteiger partial charge in [-0.15, -0.1) is 24.0 Å². The normalized spacial score (nSPS) is 16.9. The van der Waals surface area contributed by atoms with Crippen molar-refractivity contribution in [1.29, 1.82) is 0 Å². The first-order valence-electron chi connectivity index (χ1n) is 9.08. The second kappa shape index (κ2) is 10.8. The highest BCUT2D eigenvalue weighted by atomic mass is 127. The molecule has 1 atom stereocenters. The van der Waals surface area contributed by atoms with Gasteiger partial charge in [-0.2, -0.15) is 5.10 Å². The highest BCUT2D eigenvalue weighted by Crippen LogP contribution is 2.13. The fraction of sp³-hybridized carbons (Fsp3) is 0.765. The Labute approximate surface area is 178 Å². The van der Waals surface area contributed by atoms with Crippen molar-refractivity contribution in [3.8, 4) is 0 Å². The molecule has 27 heavy (non-hydrogen) atoms. The number of hydrogen-bond donors (Lipinski definition) is 3. The molecule has 1 aliphatic rings.